The maximum atomic E-state index is 13.8. The van der Waals surface area contributed by atoms with Crippen molar-refractivity contribution in [2.24, 2.45) is 5.92 Å². The number of Topliss-reactive ketones (excluding diaryl/α,β-unsaturated/α-hetero) is 1. The fourth-order valence-corrected chi connectivity index (χ4v) is 7.83. The summed E-state index contributed by atoms with van der Waals surface area (Å²) in [6.07, 6.45) is 9.01. The summed E-state index contributed by atoms with van der Waals surface area (Å²) in [5, 5.41) is 9.86. The fraction of sp³-hybridized carbons (Fsp3) is 0.351. The Hall–Kier alpha value is -4.52. The summed E-state index contributed by atoms with van der Waals surface area (Å²) in [6.45, 7) is 0.452. The fourth-order valence-electron chi connectivity index (χ4n) is 7.83. The molecule has 0 saturated heterocycles. The Morgan fingerprint density at radius 3 is 1.93 bits per heavy atom. The third-order valence-electron chi connectivity index (χ3n) is 9.88. The highest BCUT2D eigenvalue weighted by Gasteiger charge is 2.27. The number of hydrogen-bond acceptors (Lipinski definition) is 6. The number of nitrogens with one attached hydrogen (secondary N) is 1. The Morgan fingerprint density at radius 1 is 0.727 bits per heavy atom. The molecule has 0 aliphatic heterocycles. The molecule has 0 heterocycles. The summed E-state index contributed by atoms with van der Waals surface area (Å²) in [5.74, 6) is -0.218. The summed E-state index contributed by atoms with van der Waals surface area (Å²) in [6, 6.07) is 15.3. The quantitative estimate of drug-likeness (QED) is 0.0624. The van der Waals surface area contributed by atoms with Crippen LogP contribution in [0.15, 0.2) is 48.5 Å². The van der Waals surface area contributed by atoms with E-state index in [1.807, 2.05) is 42.5 Å². The first-order valence-electron chi connectivity index (χ1n) is 15.7. The molecular weight excluding hydrogens is 554 g/mol. The predicted octanol–water partition coefficient (Wildman–Crippen LogP) is 7.63. The van der Waals surface area contributed by atoms with E-state index in [4.69, 9.17) is 9.47 Å². The number of ether oxygens (including phenoxy) is 2. The van der Waals surface area contributed by atoms with Crippen molar-refractivity contribution in [1.29, 1.82) is 0 Å². The number of carbonyl (C=O) groups is 4. The minimum atomic E-state index is -0.486. The van der Waals surface area contributed by atoms with E-state index in [1.165, 1.54) is 7.11 Å². The highest BCUT2D eigenvalue weighted by atomic mass is 16.5. The molecule has 2 aliphatic rings. The third kappa shape index (κ3) is 4.66. The van der Waals surface area contributed by atoms with E-state index in [0.29, 0.717) is 40.9 Å². The van der Waals surface area contributed by atoms with Gasteiger partial charge in [0.1, 0.15) is 6.61 Å². The lowest BCUT2D eigenvalue weighted by Crippen LogP contribution is -2.32. The van der Waals surface area contributed by atoms with Gasteiger partial charge in [0.25, 0.3) is 12.4 Å². The van der Waals surface area contributed by atoms with Crippen molar-refractivity contribution in [1.82, 2.24) is 5.32 Å². The van der Waals surface area contributed by atoms with E-state index in [9.17, 15) is 19.2 Å². The molecule has 7 rings (SSSR count). The van der Waals surface area contributed by atoms with Gasteiger partial charge in [0.15, 0.2) is 5.78 Å². The van der Waals surface area contributed by atoms with Gasteiger partial charge < -0.3 is 14.8 Å². The summed E-state index contributed by atoms with van der Waals surface area (Å²) < 4.78 is 10.4. The van der Waals surface area contributed by atoms with Gasteiger partial charge in [0.2, 0.25) is 0 Å². The molecule has 7 heteroatoms. The molecule has 7 nitrogen and oxygen atoms in total. The predicted molar refractivity (Wildman–Crippen MR) is 170 cm³/mol. The summed E-state index contributed by atoms with van der Waals surface area (Å²) in [4.78, 5) is 51.8. The molecule has 0 atom stereocenters. The molecule has 0 bridgehead atoms. The smallest absolute Gasteiger partial charge is 0.338 e. The number of hydrogen-bond donors (Lipinski definition) is 1. The van der Waals surface area contributed by atoms with Crippen molar-refractivity contribution in [2.45, 2.75) is 70.4 Å². The van der Waals surface area contributed by atoms with E-state index in [2.05, 4.69) is 5.32 Å². The third-order valence-corrected chi connectivity index (χ3v) is 9.88. The second-order valence-corrected chi connectivity index (χ2v) is 12.4. The molecule has 224 valence electrons. The topological polar surface area (TPSA) is 98.8 Å². The van der Waals surface area contributed by atoms with Crippen LogP contribution in [0.5, 0.6) is 0 Å². The molecule has 5 aromatic rings. The Labute approximate surface area is 255 Å². The highest BCUT2D eigenvalue weighted by Crippen LogP contribution is 2.44. The van der Waals surface area contributed by atoms with Gasteiger partial charge in [0.05, 0.1) is 12.7 Å². The minimum absolute atomic E-state index is 0.0333. The number of carbonyl (C=O) groups excluding carboxylic acids is 4. The lowest BCUT2D eigenvalue weighted by atomic mass is 9.83. The van der Waals surface area contributed by atoms with E-state index >= 15 is 0 Å². The van der Waals surface area contributed by atoms with Gasteiger partial charge >= 0.3 is 5.97 Å². The molecular formula is C37H35NO6. The van der Waals surface area contributed by atoms with Crippen molar-refractivity contribution in [3.8, 4) is 0 Å². The summed E-state index contributed by atoms with van der Waals surface area (Å²) in [5.41, 5.74) is 2.19. The standard InChI is InChI=1S/C37H35NO6/c1-43-37(42)30-17-14-27-25-13-16-29(36(41)38-23-8-4-5-9-23)32-22(19-44-20-39)10-11-24(33(25)32)26-12-15-28(35(30)34(26)27)31(40)18-21-6-2-3-7-21/h10-17,20-21,23H,2-9,18-19H2,1H3,(H,38,41). The van der Waals surface area contributed by atoms with Crippen LogP contribution in [0.25, 0.3) is 43.1 Å². The lowest BCUT2D eigenvalue weighted by Gasteiger charge is -2.21. The Balaban J connectivity index is 1.51. The van der Waals surface area contributed by atoms with E-state index < -0.39 is 5.97 Å². The zero-order valence-electron chi connectivity index (χ0n) is 24.9. The molecule has 0 unspecified atom stereocenters. The number of rotatable bonds is 9. The Bertz CT molecular complexity index is 1930. The van der Waals surface area contributed by atoms with Crippen LogP contribution < -0.4 is 5.32 Å². The number of benzene rings is 5. The van der Waals surface area contributed by atoms with Crippen molar-refractivity contribution < 1.29 is 28.7 Å². The SMILES string of the molecule is COC(=O)c1ccc2c3ccc(C(=O)NC4CCCC4)c4c(COC=O)ccc(c5ccc(C(=O)CC6CCCC6)c1c52)c43. The van der Waals surface area contributed by atoms with E-state index in [0.717, 1.165) is 94.6 Å². The number of esters is 1. The maximum Gasteiger partial charge on any atom is 0.338 e. The van der Waals surface area contributed by atoms with Gasteiger partial charge in [0, 0.05) is 34.4 Å². The van der Waals surface area contributed by atoms with Crippen LogP contribution in [0.1, 0.15) is 94.4 Å². The normalized spacial score (nSPS) is 15.9. The molecule has 0 spiro atoms. The van der Waals surface area contributed by atoms with Crippen molar-refractivity contribution >= 4 is 67.2 Å². The Morgan fingerprint density at radius 2 is 1.30 bits per heavy atom. The highest BCUT2D eigenvalue weighted by molar-refractivity contribution is 6.37. The van der Waals surface area contributed by atoms with Crippen LogP contribution >= 0.6 is 0 Å². The monoisotopic (exact) mass is 589 g/mol. The molecule has 1 N–H and O–H groups in total. The van der Waals surface area contributed by atoms with Gasteiger partial charge in [-0.25, -0.2) is 4.79 Å². The van der Waals surface area contributed by atoms with Gasteiger partial charge in [-0.05, 0) is 68.8 Å². The van der Waals surface area contributed by atoms with Crippen molar-refractivity contribution in [3.63, 3.8) is 0 Å². The molecule has 2 saturated carbocycles. The lowest BCUT2D eigenvalue weighted by molar-refractivity contribution is -0.129. The zero-order valence-corrected chi connectivity index (χ0v) is 24.9. The summed E-state index contributed by atoms with van der Waals surface area (Å²) in [7, 11) is 1.36. The Kier molecular flexibility index (Phi) is 7.40. The zero-order chi connectivity index (χ0) is 30.4. The van der Waals surface area contributed by atoms with Crippen LogP contribution in [0, 0.1) is 5.92 Å². The largest absolute Gasteiger partial charge is 0.465 e. The minimum Gasteiger partial charge on any atom is -0.465 e. The number of amides is 1. The van der Waals surface area contributed by atoms with Gasteiger partial charge in [-0.1, -0.05) is 74.9 Å². The number of ketones is 1. The van der Waals surface area contributed by atoms with E-state index in [-0.39, 0.29) is 24.3 Å². The molecule has 2 aliphatic carbocycles. The first-order chi connectivity index (χ1) is 21.5. The summed E-state index contributed by atoms with van der Waals surface area (Å²) >= 11 is 0. The number of methoxy groups -OCH3 is 1. The average molecular weight is 590 g/mol. The van der Waals surface area contributed by atoms with Crippen molar-refractivity contribution in [3.05, 3.63) is 70.8 Å². The van der Waals surface area contributed by atoms with Crippen LogP contribution in [0.4, 0.5) is 0 Å². The van der Waals surface area contributed by atoms with Crippen LogP contribution in [-0.2, 0) is 20.9 Å². The first kappa shape index (κ1) is 28.3. The number of fused-ring (bicyclic) bond motifs is 2. The molecule has 0 aromatic heterocycles. The molecule has 44 heavy (non-hydrogen) atoms. The maximum absolute atomic E-state index is 13.8. The van der Waals surface area contributed by atoms with Crippen molar-refractivity contribution in [2.75, 3.05) is 7.11 Å². The average Bonchev–Trinajstić information content (AvgIpc) is 3.76. The van der Waals surface area contributed by atoms with Crippen LogP contribution in [-0.4, -0.2) is 37.3 Å². The second-order valence-electron chi connectivity index (χ2n) is 12.4. The van der Waals surface area contributed by atoms with Gasteiger partial charge in [-0.3, -0.25) is 14.4 Å². The molecule has 2 fully saturated rings. The molecule has 1 amide bonds. The van der Waals surface area contributed by atoms with Gasteiger partial charge in [-0.2, -0.15) is 0 Å². The van der Waals surface area contributed by atoms with E-state index in [1.54, 1.807) is 6.07 Å². The van der Waals surface area contributed by atoms with Crippen LogP contribution in [0.3, 0.4) is 0 Å². The molecule has 0 radical (unpaired) electrons. The second kappa shape index (κ2) is 11.5. The van der Waals surface area contributed by atoms with Crippen LogP contribution in [0.2, 0.25) is 0 Å². The first-order valence-corrected chi connectivity index (χ1v) is 15.7. The van der Waals surface area contributed by atoms with Gasteiger partial charge in [-0.15, -0.1) is 0 Å². The molecule has 5 aromatic carbocycles.